The van der Waals surface area contributed by atoms with Crippen molar-refractivity contribution >= 4 is 5.97 Å². The number of carbonyl (C=O) groups is 1. The van der Waals surface area contributed by atoms with Crippen LogP contribution >= 0.6 is 0 Å². The lowest BCUT2D eigenvalue weighted by Gasteiger charge is -2.00. The second-order valence-corrected chi connectivity index (χ2v) is 5.71. The van der Waals surface area contributed by atoms with Gasteiger partial charge in [0, 0.05) is 11.1 Å². The summed E-state index contributed by atoms with van der Waals surface area (Å²) < 4.78 is 4.79. The van der Waals surface area contributed by atoms with Crippen LogP contribution < -0.4 is 0 Å². The van der Waals surface area contributed by atoms with Gasteiger partial charge in [0.05, 0.1) is 13.0 Å². The highest BCUT2D eigenvalue weighted by atomic mass is 16.5. The van der Waals surface area contributed by atoms with Crippen LogP contribution in [0.3, 0.4) is 0 Å². The van der Waals surface area contributed by atoms with Crippen molar-refractivity contribution in [1.82, 2.24) is 0 Å². The van der Waals surface area contributed by atoms with Crippen LogP contribution in [0.1, 0.15) is 34.6 Å². The Morgan fingerprint density at radius 2 is 1.82 bits per heavy atom. The van der Waals surface area contributed by atoms with Gasteiger partial charge in [-0.05, 0) is 54.7 Å². The molecule has 0 radical (unpaired) electrons. The summed E-state index contributed by atoms with van der Waals surface area (Å²) in [6, 6.07) is 16.3. The molecule has 2 aromatic carbocycles. The van der Waals surface area contributed by atoms with Gasteiger partial charge in [0.1, 0.15) is 0 Å². The Bertz CT molecular complexity index is 747. The summed E-state index contributed by atoms with van der Waals surface area (Å²) in [6.45, 7) is 2.06. The summed E-state index contributed by atoms with van der Waals surface area (Å²) in [5.41, 5.74) is 4.42. The number of ether oxygens (including phenoxy) is 1. The van der Waals surface area contributed by atoms with E-state index in [0.29, 0.717) is 5.92 Å². The van der Waals surface area contributed by atoms with Crippen LogP contribution in [0.15, 0.2) is 48.5 Å². The summed E-state index contributed by atoms with van der Waals surface area (Å²) >= 11 is 0. The predicted octanol–water partition coefficient (Wildman–Crippen LogP) is 3.67. The highest BCUT2D eigenvalue weighted by Crippen LogP contribution is 2.47. The lowest BCUT2D eigenvalue weighted by molar-refractivity contribution is -0.142. The van der Waals surface area contributed by atoms with Crippen molar-refractivity contribution in [3.05, 3.63) is 70.8 Å². The molecule has 110 valence electrons. The third-order valence-corrected chi connectivity index (χ3v) is 4.00. The van der Waals surface area contributed by atoms with Crippen molar-refractivity contribution in [2.24, 2.45) is 5.92 Å². The SMILES string of the molecule is COC(=O)C1CC1c1ccc(C#Cc2cccc(C)c2)cc1. The summed E-state index contributed by atoms with van der Waals surface area (Å²) in [5.74, 6) is 6.60. The van der Waals surface area contributed by atoms with Crippen LogP contribution in [-0.2, 0) is 9.53 Å². The first-order valence-corrected chi connectivity index (χ1v) is 7.44. The minimum atomic E-state index is -0.103. The van der Waals surface area contributed by atoms with E-state index in [2.05, 4.69) is 43.0 Å². The standard InChI is InChI=1S/C20H18O2/c1-14-4-3-5-16(12-14)7-6-15-8-10-17(11-9-15)18-13-19(18)20(21)22-2/h3-5,8-12,18-19H,13H2,1-2H3. The largest absolute Gasteiger partial charge is 0.469 e. The molecule has 22 heavy (non-hydrogen) atoms. The van der Waals surface area contributed by atoms with Crippen LogP contribution in [0.4, 0.5) is 0 Å². The van der Waals surface area contributed by atoms with Crippen LogP contribution in [-0.4, -0.2) is 13.1 Å². The first kappa shape index (κ1) is 14.4. The van der Waals surface area contributed by atoms with E-state index in [9.17, 15) is 4.79 Å². The molecule has 0 bridgehead atoms. The van der Waals surface area contributed by atoms with E-state index in [1.165, 1.54) is 18.2 Å². The number of esters is 1. The van der Waals surface area contributed by atoms with E-state index < -0.39 is 0 Å². The molecule has 0 saturated heterocycles. The van der Waals surface area contributed by atoms with Crippen molar-refractivity contribution in [3.8, 4) is 11.8 Å². The number of methoxy groups -OCH3 is 1. The van der Waals surface area contributed by atoms with Gasteiger partial charge in [0.2, 0.25) is 0 Å². The zero-order chi connectivity index (χ0) is 15.5. The first-order chi connectivity index (χ1) is 10.7. The topological polar surface area (TPSA) is 26.3 Å². The quantitative estimate of drug-likeness (QED) is 0.623. The monoisotopic (exact) mass is 290 g/mol. The number of carbonyl (C=O) groups excluding carboxylic acids is 1. The van der Waals surface area contributed by atoms with Gasteiger partial charge in [-0.2, -0.15) is 0 Å². The maximum atomic E-state index is 11.5. The lowest BCUT2D eigenvalue weighted by Crippen LogP contribution is -2.03. The van der Waals surface area contributed by atoms with Gasteiger partial charge in [-0.25, -0.2) is 0 Å². The number of hydrogen-bond acceptors (Lipinski definition) is 2. The van der Waals surface area contributed by atoms with Crippen LogP contribution in [0.25, 0.3) is 0 Å². The average molecular weight is 290 g/mol. The molecule has 0 aliphatic heterocycles. The molecule has 1 fully saturated rings. The predicted molar refractivity (Wildman–Crippen MR) is 86.5 cm³/mol. The minimum Gasteiger partial charge on any atom is -0.469 e. The molecule has 3 rings (SSSR count). The van der Waals surface area contributed by atoms with E-state index in [4.69, 9.17) is 4.74 Å². The molecule has 2 atom stereocenters. The van der Waals surface area contributed by atoms with Crippen molar-refractivity contribution in [2.45, 2.75) is 19.3 Å². The molecule has 0 N–H and O–H groups in total. The normalized spacial score (nSPS) is 19.0. The van der Waals surface area contributed by atoms with Crippen LogP contribution in [0.5, 0.6) is 0 Å². The molecular formula is C20H18O2. The molecule has 2 heteroatoms. The molecule has 2 unspecified atom stereocenters. The van der Waals surface area contributed by atoms with Gasteiger partial charge >= 0.3 is 5.97 Å². The highest BCUT2D eigenvalue weighted by molar-refractivity contribution is 5.77. The Balaban J connectivity index is 1.70. The fraction of sp³-hybridized carbons (Fsp3) is 0.250. The molecule has 1 aliphatic carbocycles. The Morgan fingerprint density at radius 1 is 1.09 bits per heavy atom. The minimum absolute atomic E-state index is 0.0363. The zero-order valence-electron chi connectivity index (χ0n) is 12.8. The van der Waals surface area contributed by atoms with Crippen molar-refractivity contribution < 1.29 is 9.53 Å². The van der Waals surface area contributed by atoms with Gasteiger partial charge in [-0.1, -0.05) is 36.1 Å². The summed E-state index contributed by atoms with van der Waals surface area (Å²) in [7, 11) is 1.45. The Kier molecular flexibility index (Phi) is 3.98. The Labute approximate surface area is 131 Å². The van der Waals surface area contributed by atoms with Crippen LogP contribution in [0.2, 0.25) is 0 Å². The summed E-state index contributed by atoms with van der Waals surface area (Å²) in [6.07, 6.45) is 0.890. The van der Waals surface area contributed by atoms with Gasteiger partial charge < -0.3 is 4.74 Å². The first-order valence-electron chi connectivity index (χ1n) is 7.44. The number of rotatable bonds is 2. The lowest BCUT2D eigenvalue weighted by atomic mass is 10.1. The summed E-state index contributed by atoms with van der Waals surface area (Å²) in [4.78, 5) is 11.5. The molecule has 1 aliphatic rings. The average Bonchev–Trinajstić information content (AvgIpc) is 3.33. The van der Waals surface area contributed by atoms with Gasteiger partial charge in [0.25, 0.3) is 0 Å². The van der Waals surface area contributed by atoms with Gasteiger partial charge in [-0.3, -0.25) is 4.79 Å². The molecule has 1 saturated carbocycles. The fourth-order valence-electron chi connectivity index (χ4n) is 2.66. The Hall–Kier alpha value is -2.53. The third-order valence-electron chi connectivity index (χ3n) is 4.00. The molecule has 2 nitrogen and oxygen atoms in total. The van der Waals surface area contributed by atoms with Crippen molar-refractivity contribution in [3.63, 3.8) is 0 Å². The maximum Gasteiger partial charge on any atom is 0.309 e. The number of aryl methyl sites for hydroxylation is 1. The highest BCUT2D eigenvalue weighted by Gasteiger charge is 2.44. The molecule has 0 amide bonds. The number of benzene rings is 2. The van der Waals surface area contributed by atoms with E-state index in [-0.39, 0.29) is 11.9 Å². The van der Waals surface area contributed by atoms with Gasteiger partial charge in [-0.15, -0.1) is 0 Å². The second-order valence-electron chi connectivity index (χ2n) is 5.71. The number of hydrogen-bond donors (Lipinski definition) is 0. The van der Waals surface area contributed by atoms with Gasteiger partial charge in [0.15, 0.2) is 0 Å². The molecule has 0 spiro atoms. The summed E-state index contributed by atoms with van der Waals surface area (Å²) in [5, 5.41) is 0. The van der Waals surface area contributed by atoms with E-state index >= 15 is 0 Å². The smallest absolute Gasteiger partial charge is 0.309 e. The van der Waals surface area contributed by atoms with Crippen molar-refractivity contribution in [1.29, 1.82) is 0 Å². The molecule has 0 heterocycles. The third kappa shape index (κ3) is 3.20. The fourth-order valence-corrected chi connectivity index (χ4v) is 2.66. The molecule has 2 aromatic rings. The van der Waals surface area contributed by atoms with Crippen molar-refractivity contribution in [2.75, 3.05) is 7.11 Å². The second kappa shape index (κ2) is 6.07. The molecular weight excluding hydrogens is 272 g/mol. The van der Waals surface area contributed by atoms with E-state index in [0.717, 1.165) is 17.5 Å². The van der Waals surface area contributed by atoms with Crippen LogP contribution in [0, 0.1) is 24.7 Å². The Morgan fingerprint density at radius 3 is 2.50 bits per heavy atom. The molecule has 0 aromatic heterocycles. The van der Waals surface area contributed by atoms with E-state index in [1.54, 1.807) is 0 Å². The zero-order valence-corrected chi connectivity index (χ0v) is 12.8. The van der Waals surface area contributed by atoms with E-state index in [1.807, 2.05) is 24.3 Å². The maximum absolute atomic E-state index is 11.5.